The lowest BCUT2D eigenvalue weighted by Crippen LogP contribution is -2.45. The van der Waals surface area contributed by atoms with E-state index in [9.17, 15) is 9.59 Å². The van der Waals surface area contributed by atoms with Crippen molar-refractivity contribution in [2.24, 2.45) is 5.41 Å². The monoisotopic (exact) mass is 388 g/mol. The number of rotatable bonds is 7. The van der Waals surface area contributed by atoms with Gasteiger partial charge in [-0.2, -0.15) is 0 Å². The molecule has 2 rings (SSSR count). The fourth-order valence-corrected chi connectivity index (χ4v) is 2.61. The molecular weight excluding hydrogens is 364 g/mol. The van der Waals surface area contributed by atoms with E-state index >= 15 is 0 Å². The summed E-state index contributed by atoms with van der Waals surface area (Å²) >= 11 is 6.08. The second-order valence-electron chi connectivity index (χ2n) is 6.90. The van der Waals surface area contributed by atoms with Crippen LogP contribution in [0.15, 0.2) is 42.5 Å². The molecule has 0 unspecified atom stereocenters. The molecule has 0 saturated heterocycles. The minimum atomic E-state index is -1.22. The minimum Gasteiger partial charge on any atom is -0.497 e. The first-order chi connectivity index (χ1) is 12.7. The number of hydrogen-bond donors (Lipinski definition) is 2. The van der Waals surface area contributed by atoms with Gasteiger partial charge in [0.2, 0.25) is 11.8 Å². The summed E-state index contributed by atoms with van der Waals surface area (Å²) in [7, 11) is 1.61. The molecular formula is C21H25ClN2O3. The average molecular weight is 389 g/mol. The summed E-state index contributed by atoms with van der Waals surface area (Å²) in [4.78, 5) is 25.1. The molecule has 2 N–H and O–H groups in total. The van der Waals surface area contributed by atoms with Crippen LogP contribution < -0.4 is 15.4 Å². The Kier molecular flexibility index (Phi) is 6.86. The second kappa shape index (κ2) is 8.91. The van der Waals surface area contributed by atoms with Crippen LogP contribution in [0.4, 0.5) is 5.69 Å². The maximum atomic E-state index is 12.6. The maximum absolute atomic E-state index is 12.6. The topological polar surface area (TPSA) is 67.4 Å². The number of anilines is 1. The van der Waals surface area contributed by atoms with Crippen LogP contribution in [0.3, 0.4) is 0 Å². The summed E-state index contributed by atoms with van der Waals surface area (Å²) in [5.74, 6) is 0.0534. The number of halogens is 1. The van der Waals surface area contributed by atoms with Crippen molar-refractivity contribution in [1.29, 1.82) is 0 Å². The number of benzene rings is 2. The predicted molar refractivity (Wildman–Crippen MR) is 108 cm³/mol. The lowest BCUT2D eigenvalue weighted by Gasteiger charge is -2.23. The number of carbonyl (C=O) groups is 2. The van der Waals surface area contributed by atoms with Gasteiger partial charge in [-0.3, -0.25) is 9.59 Å². The van der Waals surface area contributed by atoms with Gasteiger partial charge < -0.3 is 15.4 Å². The van der Waals surface area contributed by atoms with E-state index in [0.717, 1.165) is 16.9 Å². The summed E-state index contributed by atoms with van der Waals surface area (Å²) in [6, 6.07) is 12.9. The summed E-state index contributed by atoms with van der Waals surface area (Å²) in [6.07, 6.45) is 0.647. The standard InChI is InChI=1S/C21H25ClN2O3/c1-14-8-9-16(13-18(14)22)24-20(26)21(2,3)19(25)23-11-10-15-6-5-7-17(12-15)27-4/h5-9,12-13H,10-11H2,1-4H3,(H,23,25)(H,24,26). The number of carbonyl (C=O) groups excluding carboxylic acids is 2. The highest BCUT2D eigenvalue weighted by Crippen LogP contribution is 2.23. The zero-order valence-corrected chi connectivity index (χ0v) is 16.8. The summed E-state index contributed by atoms with van der Waals surface area (Å²) < 4.78 is 5.19. The zero-order chi connectivity index (χ0) is 20.0. The Morgan fingerprint density at radius 2 is 1.85 bits per heavy atom. The van der Waals surface area contributed by atoms with Crippen LogP contribution in [-0.4, -0.2) is 25.5 Å². The molecule has 6 heteroatoms. The first-order valence-electron chi connectivity index (χ1n) is 8.73. The minimum absolute atomic E-state index is 0.332. The van der Waals surface area contributed by atoms with E-state index in [1.54, 1.807) is 33.1 Å². The number of amides is 2. The Bertz CT molecular complexity index is 834. The maximum Gasteiger partial charge on any atom is 0.239 e. The van der Waals surface area contributed by atoms with Crippen molar-refractivity contribution in [2.45, 2.75) is 27.2 Å². The van der Waals surface area contributed by atoms with Crippen molar-refractivity contribution in [3.63, 3.8) is 0 Å². The van der Waals surface area contributed by atoms with E-state index in [-0.39, 0.29) is 11.8 Å². The Morgan fingerprint density at radius 3 is 2.52 bits per heavy atom. The third kappa shape index (κ3) is 5.47. The highest BCUT2D eigenvalue weighted by Gasteiger charge is 2.35. The van der Waals surface area contributed by atoms with E-state index in [0.29, 0.717) is 23.7 Å². The van der Waals surface area contributed by atoms with Gasteiger partial charge in [0.05, 0.1) is 7.11 Å². The van der Waals surface area contributed by atoms with Gasteiger partial charge in [0.25, 0.3) is 0 Å². The molecule has 2 aromatic rings. The molecule has 0 heterocycles. The lowest BCUT2D eigenvalue weighted by molar-refractivity contribution is -0.138. The molecule has 144 valence electrons. The molecule has 0 atom stereocenters. The first-order valence-corrected chi connectivity index (χ1v) is 9.10. The van der Waals surface area contributed by atoms with Crippen LogP contribution in [0.1, 0.15) is 25.0 Å². The molecule has 0 bridgehead atoms. The Balaban J connectivity index is 1.92. The van der Waals surface area contributed by atoms with Gasteiger partial charge in [-0.1, -0.05) is 29.8 Å². The van der Waals surface area contributed by atoms with Crippen LogP contribution in [0.2, 0.25) is 5.02 Å². The molecule has 0 fully saturated rings. The molecule has 0 aromatic heterocycles. The van der Waals surface area contributed by atoms with Crippen LogP contribution >= 0.6 is 11.6 Å². The second-order valence-corrected chi connectivity index (χ2v) is 7.31. The third-order valence-electron chi connectivity index (χ3n) is 4.40. The van der Waals surface area contributed by atoms with Gasteiger partial charge in [-0.15, -0.1) is 0 Å². The molecule has 0 spiro atoms. The van der Waals surface area contributed by atoms with E-state index in [4.69, 9.17) is 16.3 Å². The van der Waals surface area contributed by atoms with E-state index in [1.807, 2.05) is 37.3 Å². The van der Waals surface area contributed by atoms with Crippen molar-refractivity contribution >= 4 is 29.1 Å². The van der Waals surface area contributed by atoms with Gasteiger partial charge in [-0.25, -0.2) is 0 Å². The Morgan fingerprint density at radius 1 is 1.11 bits per heavy atom. The number of nitrogens with one attached hydrogen (secondary N) is 2. The Hall–Kier alpha value is -2.53. The largest absolute Gasteiger partial charge is 0.497 e. The highest BCUT2D eigenvalue weighted by atomic mass is 35.5. The molecule has 0 radical (unpaired) electrons. The van der Waals surface area contributed by atoms with Gasteiger partial charge in [0.1, 0.15) is 11.2 Å². The van der Waals surface area contributed by atoms with Crippen LogP contribution in [0.5, 0.6) is 5.75 Å². The molecule has 2 amide bonds. The molecule has 0 aliphatic carbocycles. The van der Waals surface area contributed by atoms with E-state index in [1.165, 1.54) is 0 Å². The SMILES string of the molecule is COc1cccc(CCNC(=O)C(C)(C)C(=O)Nc2ccc(C)c(Cl)c2)c1. The number of hydrogen-bond acceptors (Lipinski definition) is 3. The van der Waals surface area contributed by atoms with Gasteiger partial charge in [0.15, 0.2) is 0 Å². The van der Waals surface area contributed by atoms with Gasteiger partial charge >= 0.3 is 0 Å². The van der Waals surface area contributed by atoms with E-state index in [2.05, 4.69) is 10.6 Å². The Labute approximate surface area is 165 Å². The normalized spacial score (nSPS) is 11.0. The lowest BCUT2D eigenvalue weighted by atomic mass is 9.90. The molecule has 0 aliphatic heterocycles. The fourth-order valence-electron chi connectivity index (χ4n) is 2.43. The van der Waals surface area contributed by atoms with Crippen LogP contribution in [0.25, 0.3) is 0 Å². The van der Waals surface area contributed by atoms with Crippen LogP contribution in [0, 0.1) is 12.3 Å². The van der Waals surface area contributed by atoms with Gasteiger partial charge in [-0.05, 0) is 62.6 Å². The molecule has 27 heavy (non-hydrogen) atoms. The molecule has 5 nitrogen and oxygen atoms in total. The van der Waals surface area contributed by atoms with Crippen molar-refractivity contribution < 1.29 is 14.3 Å². The third-order valence-corrected chi connectivity index (χ3v) is 4.81. The quantitative estimate of drug-likeness (QED) is 0.705. The average Bonchev–Trinajstić information content (AvgIpc) is 2.64. The van der Waals surface area contributed by atoms with Gasteiger partial charge in [0, 0.05) is 17.3 Å². The number of methoxy groups -OCH3 is 1. The fraction of sp³-hybridized carbons (Fsp3) is 0.333. The smallest absolute Gasteiger partial charge is 0.239 e. The van der Waals surface area contributed by atoms with Crippen molar-refractivity contribution in [2.75, 3.05) is 19.0 Å². The number of ether oxygens (including phenoxy) is 1. The summed E-state index contributed by atoms with van der Waals surface area (Å²) in [5, 5.41) is 6.15. The first kappa shape index (κ1) is 20.8. The molecule has 2 aromatic carbocycles. The van der Waals surface area contributed by atoms with Crippen LogP contribution in [-0.2, 0) is 16.0 Å². The van der Waals surface area contributed by atoms with E-state index < -0.39 is 5.41 Å². The zero-order valence-electron chi connectivity index (χ0n) is 16.1. The number of aryl methyl sites for hydroxylation is 1. The summed E-state index contributed by atoms with van der Waals surface area (Å²) in [6.45, 7) is 5.50. The predicted octanol–water partition coefficient (Wildman–Crippen LogP) is 3.98. The molecule has 0 saturated carbocycles. The van der Waals surface area contributed by atoms with Crippen molar-refractivity contribution in [1.82, 2.24) is 5.32 Å². The molecule has 0 aliphatic rings. The highest BCUT2D eigenvalue weighted by molar-refractivity contribution is 6.31. The van der Waals surface area contributed by atoms with Crippen molar-refractivity contribution in [3.05, 3.63) is 58.6 Å². The summed E-state index contributed by atoms with van der Waals surface area (Å²) in [5.41, 5.74) is 1.31. The van der Waals surface area contributed by atoms with Crippen molar-refractivity contribution in [3.8, 4) is 5.75 Å².